The van der Waals surface area contributed by atoms with E-state index in [4.69, 9.17) is 11.2 Å². The highest BCUT2D eigenvalue weighted by Crippen LogP contribution is 2.27. The van der Waals surface area contributed by atoms with Crippen molar-refractivity contribution >= 4 is 30.5 Å². The molecule has 38 heavy (non-hydrogen) atoms. The fraction of sp³-hybridized carbons (Fsp3) is 0.633. The highest BCUT2D eigenvalue weighted by atomic mass is 32.1. The minimum Gasteiger partial charge on any atom is -0.444 e. The number of rotatable bonds is 13. The molecule has 0 saturated heterocycles. The van der Waals surface area contributed by atoms with E-state index >= 15 is 0 Å². The standard InChI is InChI=1S/C30H47N3O4S/c1-9-11-12-13-14-17-20-33(27(35)24(21-38)31-28(36)37-30(6,7)8)25(26(34)32-29(3,4)5)23-19-16-15-18-22(23)10-2/h2,15-16,18-19,24-25,38H,9,11-14,17,20-21H2,1,3-8H3,(H,31,36)(H,32,34). The second-order valence-electron chi connectivity index (χ2n) is 11.6. The average molecular weight is 546 g/mol. The summed E-state index contributed by atoms with van der Waals surface area (Å²) in [7, 11) is 0. The molecule has 0 aliphatic rings. The molecule has 8 heteroatoms. The Balaban J connectivity index is 3.46. The topological polar surface area (TPSA) is 87.7 Å². The maximum atomic E-state index is 14.0. The fourth-order valence-corrected chi connectivity index (χ4v) is 4.27. The molecular weight excluding hydrogens is 498 g/mol. The van der Waals surface area contributed by atoms with Crippen LogP contribution in [0.2, 0.25) is 0 Å². The quantitative estimate of drug-likeness (QED) is 0.170. The molecule has 0 bridgehead atoms. The van der Waals surface area contributed by atoms with Gasteiger partial charge in [0.2, 0.25) is 11.8 Å². The van der Waals surface area contributed by atoms with Crippen LogP contribution in [0.25, 0.3) is 0 Å². The first-order chi connectivity index (χ1) is 17.7. The predicted octanol–water partition coefficient (Wildman–Crippen LogP) is 5.64. The van der Waals surface area contributed by atoms with Crippen molar-refractivity contribution in [1.82, 2.24) is 15.5 Å². The summed E-state index contributed by atoms with van der Waals surface area (Å²) < 4.78 is 5.37. The number of thiol groups is 1. The molecule has 0 fully saturated rings. The number of ether oxygens (including phenoxy) is 1. The van der Waals surface area contributed by atoms with E-state index in [2.05, 4.69) is 36.1 Å². The van der Waals surface area contributed by atoms with E-state index in [1.807, 2.05) is 20.8 Å². The molecule has 2 atom stereocenters. The number of carbonyl (C=O) groups is 3. The molecule has 3 amide bonds. The lowest BCUT2D eigenvalue weighted by molar-refractivity contribution is -0.142. The van der Waals surface area contributed by atoms with Crippen LogP contribution in [0.3, 0.4) is 0 Å². The van der Waals surface area contributed by atoms with Gasteiger partial charge in [-0.25, -0.2) is 4.79 Å². The molecule has 0 aliphatic heterocycles. The van der Waals surface area contributed by atoms with Crippen LogP contribution in [-0.2, 0) is 14.3 Å². The molecular formula is C30H47N3O4S. The van der Waals surface area contributed by atoms with E-state index in [9.17, 15) is 14.4 Å². The van der Waals surface area contributed by atoms with Gasteiger partial charge in [0.1, 0.15) is 17.7 Å². The number of alkyl carbamates (subject to hydrolysis) is 1. The van der Waals surface area contributed by atoms with E-state index in [1.54, 1.807) is 45.0 Å². The Morgan fingerprint density at radius 3 is 2.18 bits per heavy atom. The second-order valence-corrected chi connectivity index (χ2v) is 11.9. The zero-order chi connectivity index (χ0) is 28.9. The largest absolute Gasteiger partial charge is 0.444 e. The van der Waals surface area contributed by atoms with Gasteiger partial charge < -0.3 is 20.3 Å². The third kappa shape index (κ3) is 11.8. The molecule has 1 rings (SSSR count). The minimum atomic E-state index is -0.990. The van der Waals surface area contributed by atoms with Crippen LogP contribution >= 0.6 is 12.6 Å². The lowest BCUT2D eigenvalue weighted by Crippen LogP contribution is -2.55. The van der Waals surface area contributed by atoms with Crippen molar-refractivity contribution in [2.45, 2.75) is 110 Å². The Labute approximate surface area is 235 Å². The summed E-state index contributed by atoms with van der Waals surface area (Å²) >= 11 is 4.35. The molecule has 0 saturated carbocycles. The van der Waals surface area contributed by atoms with Crippen LogP contribution in [0, 0.1) is 12.3 Å². The van der Waals surface area contributed by atoms with Gasteiger partial charge in [-0.05, 0) is 59.6 Å². The monoisotopic (exact) mass is 545 g/mol. The second kappa shape index (κ2) is 15.7. The summed E-state index contributed by atoms with van der Waals surface area (Å²) in [6, 6.07) is 5.17. The predicted molar refractivity (Wildman–Crippen MR) is 157 cm³/mol. The Morgan fingerprint density at radius 2 is 1.63 bits per heavy atom. The fourth-order valence-electron chi connectivity index (χ4n) is 4.02. The molecule has 7 nitrogen and oxygen atoms in total. The number of terminal acetylenes is 1. The van der Waals surface area contributed by atoms with Crippen LogP contribution in [-0.4, -0.2) is 52.3 Å². The lowest BCUT2D eigenvalue weighted by atomic mass is 9.96. The molecule has 0 spiro atoms. The summed E-state index contributed by atoms with van der Waals surface area (Å²) in [6.07, 6.45) is 11.2. The number of nitrogens with one attached hydrogen (secondary N) is 2. The van der Waals surface area contributed by atoms with Gasteiger partial charge in [-0.3, -0.25) is 9.59 Å². The molecule has 2 unspecified atom stereocenters. The minimum absolute atomic E-state index is 0.0372. The number of benzene rings is 1. The molecule has 0 heterocycles. The van der Waals surface area contributed by atoms with Crippen LogP contribution in [0.5, 0.6) is 0 Å². The Bertz CT molecular complexity index is 959. The Kier molecular flexibility index (Phi) is 13.8. The Hall–Kier alpha value is -2.66. The first-order valence-electron chi connectivity index (χ1n) is 13.5. The van der Waals surface area contributed by atoms with Gasteiger partial charge in [0.25, 0.3) is 0 Å². The van der Waals surface area contributed by atoms with E-state index in [0.29, 0.717) is 24.1 Å². The smallest absolute Gasteiger partial charge is 0.408 e. The van der Waals surface area contributed by atoms with Crippen molar-refractivity contribution in [3.63, 3.8) is 0 Å². The summed E-state index contributed by atoms with van der Waals surface area (Å²) in [6.45, 7) is 13.4. The summed E-state index contributed by atoms with van der Waals surface area (Å²) in [5.41, 5.74) is -0.170. The van der Waals surface area contributed by atoms with Crippen molar-refractivity contribution in [3.05, 3.63) is 35.4 Å². The van der Waals surface area contributed by atoms with Crippen LogP contribution < -0.4 is 10.6 Å². The average Bonchev–Trinajstić information content (AvgIpc) is 2.81. The summed E-state index contributed by atoms with van der Waals surface area (Å²) in [5.74, 6) is 1.94. The van der Waals surface area contributed by atoms with Gasteiger partial charge in [-0.15, -0.1) is 6.42 Å². The van der Waals surface area contributed by atoms with E-state index in [-0.39, 0.29) is 11.7 Å². The van der Waals surface area contributed by atoms with Gasteiger partial charge >= 0.3 is 6.09 Å². The SMILES string of the molecule is C#Cc1ccccc1C(C(=O)NC(C)(C)C)N(CCCCCCCC)C(=O)C(CS)NC(=O)OC(C)(C)C. The number of unbranched alkanes of at least 4 members (excludes halogenated alkanes) is 5. The number of carbonyl (C=O) groups excluding carboxylic acids is 3. The van der Waals surface area contributed by atoms with Gasteiger partial charge in [0.15, 0.2) is 0 Å². The number of amides is 3. The highest BCUT2D eigenvalue weighted by molar-refractivity contribution is 7.80. The van der Waals surface area contributed by atoms with Crippen molar-refractivity contribution in [3.8, 4) is 12.3 Å². The number of nitrogens with zero attached hydrogens (tertiary/aromatic N) is 1. The first-order valence-corrected chi connectivity index (χ1v) is 14.2. The summed E-state index contributed by atoms with van der Waals surface area (Å²) in [5, 5.41) is 5.66. The van der Waals surface area contributed by atoms with Crippen LogP contribution in [0.1, 0.15) is 104 Å². The molecule has 1 aromatic rings. The van der Waals surface area contributed by atoms with Crippen LogP contribution in [0.15, 0.2) is 24.3 Å². The molecule has 0 radical (unpaired) electrons. The number of hydrogen-bond acceptors (Lipinski definition) is 5. The molecule has 2 N–H and O–H groups in total. The normalized spacial score (nSPS) is 13.1. The maximum Gasteiger partial charge on any atom is 0.408 e. The third-order valence-corrected chi connectivity index (χ3v) is 6.04. The van der Waals surface area contributed by atoms with Gasteiger partial charge in [0.05, 0.1) is 0 Å². The summed E-state index contributed by atoms with van der Waals surface area (Å²) in [4.78, 5) is 41.8. The van der Waals surface area contributed by atoms with E-state index in [0.717, 1.165) is 32.1 Å². The highest BCUT2D eigenvalue weighted by Gasteiger charge is 2.37. The van der Waals surface area contributed by atoms with Crippen molar-refractivity contribution < 1.29 is 19.1 Å². The van der Waals surface area contributed by atoms with Crippen molar-refractivity contribution in [1.29, 1.82) is 0 Å². The zero-order valence-corrected chi connectivity index (χ0v) is 25.1. The van der Waals surface area contributed by atoms with Crippen molar-refractivity contribution in [2.24, 2.45) is 0 Å². The van der Waals surface area contributed by atoms with Crippen LogP contribution in [0.4, 0.5) is 4.79 Å². The maximum absolute atomic E-state index is 14.0. The van der Waals surface area contributed by atoms with E-state index < -0.39 is 35.2 Å². The third-order valence-electron chi connectivity index (χ3n) is 5.68. The Morgan fingerprint density at radius 1 is 1.03 bits per heavy atom. The molecule has 1 aromatic carbocycles. The van der Waals surface area contributed by atoms with Gasteiger partial charge in [-0.2, -0.15) is 12.6 Å². The lowest BCUT2D eigenvalue weighted by Gasteiger charge is -2.36. The number of hydrogen-bond donors (Lipinski definition) is 3. The molecule has 212 valence electrons. The molecule has 0 aromatic heterocycles. The molecule has 0 aliphatic carbocycles. The first kappa shape index (κ1) is 33.4. The van der Waals surface area contributed by atoms with Gasteiger partial charge in [-0.1, -0.05) is 63.1 Å². The zero-order valence-electron chi connectivity index (χ0n) is 24.2. The van der Waals surface area contributed by atoms with E-state index in [1.165, 1.54) is 4.90 Å². The van der Waals surface area contributed by atoms with Gasteiger partial charge in [0, 0.05) is 23.4 Å². The van der Waals surface area contributed by atoms with Crippen molar-refractivity contribution in [2.75, 3.05) is 12.3 Å².